The van der Waals surface area contributed by atoms with Gasteiger partial charge < -0.3 is 20.1 Å². The molecule has 3 aliphatic rings. The van der Waals surface area contributed by atoms with E-state index in [1.807, 2.05) is 0 Å². The molecule has 0 aliphatic carbocycles. The summed E-state index contributed by atoms with van der Waals surface area (Å²) in [5, 5.41) is 23.6. The second-order valence-electron chi connectivity index (χ2n) is 11.8. The number of fused-ring (bicyclic) bond motifs is 2. The number of nitrogens with zero attached hydrogens (tertiary/aromatic N) is 5. The number of rotatable bonds is 9. The van der Waals surface area contributed by atoms with Crippen molar-refractivity contribution in [2.24, 2.45) is 0 Å². The van der Waals surface area contributed by atoms with Crippen LogP contribution in [-0.4, -0.2) is 75.5 Å². The number of hydrogen-bond donors (Lipinski definition) is 4. The highest BCUT2D eigenvalue weighted by Crippen LogP contribution is 2.39. The number of nitrogens with one attached hydrogen (secondary N) is 3. The average molecular weight is 707 g/mol. The van der Waals surface area contributed by atoms with Crippen molar-refractivity contribution in [2.45, 2.75) is 45.0 Å². The summed E-state index contributed by atoms with van der Waals surface area (Å²) in [7, 11) is -4.35. The Labute approximate surface area is 282 Å². The molecule has 0 bridgehead atoms. The van der Waals surface area contributed by atoms with Gasteiger partial charge in [-0.15, -0.1) is 5.10 Å². The zero-order chi connectivity index (χ0) is 35.3. The molecule has 0 saturated carbocycles. The second-order valence-corrected chi connectivity index (χ2v) is 13.4. The Bertz CT molecular complexity index is 2240. The van der Waals surface area contributed by atoms with Gasteiger partial charge in [0, 0.05) is 36.0 Å². The summed E-state index contributed by atoms with van der Waals surface area (Å²) in [6, 6.07) is 9.55. The zero-order valence-corrected chi connectivity index (χ0v) is 26.7. The van der Waals surface area contributed by atoms with E-state index in [0.29, 0.717) is 32.6 Å². The van der Waals surface area contributed by atoms with Gasteiger partial charge in [-0.3, -0.25) is 34.0 Å². The summed E-state index contributed by atoms with van der Waals surface area (Å²) < 4.78 is 49.2. The number of aromatic hydroxyl groups is 1. The molecular formula is C31H27FN8O9S. The molecule has 2 saturated heterocycles. The summed E-state index contributed by atoms with van der Waals surface area (Å²) in [5.74, 6) is -3.67. The van der Waals surface area contributed by atoms with E-state index in [4.69, 9.17) is 4.74 Å². The first kappa shape index (κ1) is 32.4. The molecule has 50 heavy (non-hydrogen) atoms. The molecule has 4 N–H and O–H groups in total. The van der Waals surface area contributed by atoms with Crippen LogP contribution >= 0.6 is 0 Å². The van der Waals surface area contributed by atoms with Crippen LogP contribution < -0.4 is 24.4 Å². The van der Waals surface area contributed by atoms with Crippen LogP contribution in [-0.2, 0) is 49.1 Å². The van der Waals surface area contributed by atoms with Gasteiger partial charge in [-0.25, -0.2) is 13.4 Å². The Hall–Kier alpha value is -6.11. The molecule has 4 heterocycles. The molecule has 7 rings (SSSR count). The number of imide groups is 1. The molecule has 258 valence electrons. The second kappa shape index (κ2) is 12.4. The molecule has 1 atom stereocenters. The Morgan fingerprint density at radius 3 is 2.66 bits per heavy atom. The fourth-order valence-electron chi connectivity index (χ4n) is 6.05. The lowest BCUT2D eigenvalue weighted by Crippen LogP contribution is -2.52. The topological polar surface area (TPSA) is 222 Å². The van der Waals surface area contributed by atoms with Crippen LogP contribution in [0.1, 0.15) is 40.9 Å². The third-order valence-electron chi connectivity index (χ3n) is 8.42. The molecule has 0 radical (unpaired) electrons. The number of piperidine rings is 1. The van der Waals surface area contributed by atoms with Gasteiger partial charge >= 0.3 is 10.2 Å². The van der Waals surface area contributed by atoms with Gasteiger partial charge in [0.05, 0.1) is 12.7 Å². The van der Waals surface area contributed by atoms with Gasteiger partial charge in [-0.1, -0.05) is 5.21 Å². The van der Waals surface area contributed by atoms with Gasteiger partial charge in [-0.2, -0.15) is 8.42 Å². The van der Waals surface area contributed by atoms with E-state index in [-0.39, 0.29) is 61.5 Å². The highest BCUT2D eigenvalue weighted by molar-refractivity contribution is 7.92. The fourth-order valence-corrected chi connectivity index (χ4v) is 7.21. The van der Waals surface area contributed by atoms with Crippen molar-refractivity contribution < 1.29 is 46.6 Å². The van der Waals surface area contributed by atoms with Gasteiger partial charge in [0.25, 0.3) is 11.8 Å². The number of hydrogen-bond acceptors (Lipinski definition) is 11. The van der Waals surface area contributed by atoms with Crippen LogP contribution in [0.25, 0.3) is 10.8 Å². The molecule has 1 aromatic heterocycles. The van der Waals surface area contributed by atoms with Crippen molar-refractivity contribution in [3.8, 4) is 11.5 Å². The molecule has 1 unspecified atom stereocenters. The van der Waals surface area contributed by atoms with Crippen LogP contribution in [0.15, 0.2) is 48.7 Å². The van der Waals surface area contributed by atoms with E-state index in [1.165, 1.54) is 27.8 Å². The average Bonchev–Trinajstić information content (AvgIpc) is 3.73. The van der Waals surface area contributed by atoms with E-state index >= 15 is 4.39 Å². The molecule has 19 heteroatoms. The summed E-state index contributed by atoms with van der Waals surface area (Å²) in [6.07, 6.45) is 2.04. The van der Waals surface area contributed by atoms with Gasteiger partial charge in [0.15, 0.2) is 5.82 Å². The monoisotopic (exact) mass is 706 g/mol. The van der Waals surface area contributed by atoms with Crippen molar-refractivity contribution >= 4 is 61.9 Å². The first-order valence-corrected chi connectivity index (χ1v) is 16.7. The van der Waals surface area contributed by atoms with Crippen molar-refractivity contribution in [3.63, 3.8) is 0 Å². The Morgan fingerprint density at radius 2 is 1.90 bits per heavy atom. The molecule has 2 fully saturated rings. The SMILES string of the molecule is O=C1CCC(N2Cc3cc(OCc4cn(CCC(=O)Nc5ccc6c(F)c(N7CC(=O)NS7(=O)=O)c(O)cc6c5)nn4)ccc3C2=O)C(=O)N1. The first-order valence-electron chi connectivity index (χ1n) is 15.2. The zero-order valence-electron chi connectivity index (χ0n) is 25.9. The Morgan fingerprint density at radius 1 is 1.08 bits per heavy atom. The van der Waals surface area contributed by atoms with Crippen molar-refractivity contribution in [3.05, 3.63) is 71.3 Å². The molecule has 3 aromatic carbocycles. The number of anilines is 2. The maximum atomic E-state index is 15.3. The fraction of sp³-hybridized carbons (Fsp3) is 0.258. The number of carbonyl (C=O) groups is 5. The molecule has 17 nitrogen and oxygen atoms in total. The lowest BCUT2D eigenvalue weighted by molar-refractivity contribution is -0.137. The third-order valence-corrected chi connectivity index (χ3v) is 9.80. The number of ether oxygens (including phenoxy) is 1. The smallest absolute Gasteiger partial charge is 0.326 e. The number of phenols is 1. The molecule has 0 spiro atoms. The van der Waals surface area contributed by atoms with E-state index in [0.717, 1.165) is 6.07 Å². The summed E-state index contributed by atoms with van der Waals surface area (Å²) in [6.45, 7) is -0.255. The molecule has 4 aromatic rings. The third kappa shape index (κ3) is 6.13. The minimum absolute atomic E-state index is 0.00335. The number of aryl methyl sites for hydroxylation is 1. The molecule has 3 aliphatic heterocycles. The molecular weight excluding hydrogens is 679 g/mol. The number of amides is 5. The minimum atomic E-state index is -4.35. The van der Waals surface area contributed by atoms with Gasteiger partial charge in [0.1, 0.15) is 42.1 Å². The highest BCUT2D eigenvalue weighted by Gasteiger charge is 2.40. The van der Waals surface area contributed by atoms with Gasteiger partial charge in [-0.05, 0) is 59.8 Å². The Kier molecular flexibility index (Phi) is 8.05. The maximum absolute atomic E-state index is 15.3. The van der Waals surface area contributed by atoms with Crippen LogP contribution in [0.5, 0.6) is 11.5 Å². The van der Waals surface area contributed by atoms with Crippen LogP contribution in [0.2, 0.25) is 0 Å². The quantitative estimate of drug-likeness (QED) is 0.179. The number of halogens is 1. The maximum Gasteiger partial charge on any atom is 0.326 e. The number of benzene rings is 3. The van der Waals surface area contributed by atoms with Crippen molar-refractivity contribution in [1.82, 2.24) is 29.9 Å². The van der Waals surface area contributed by atoms with Crippen LogP contribution in [0, 0.1) is 5.82 Å². The van der Waals surface area contributed by atoms with E-state index in [9.17, 15) is 37.5 Å². The highest BCUT2D eigenvalue weighted by atomic mass is 32.2. The predicted molar refractivity (Wildman–Crippen MR) is 170 cm³/mol. The summed E-state index contributed by atoms with van der Waals surface area (Å²) in [5.41, 5.74) is 1.26. The Balaban J connectivity index is 0.927. The lowest BCUT2D eigenvalue weighted by atomic mass is 10.0. The normalized spacial score (nSPS) is 18.3. The summed E-state index contributed by atoms with van der Waals surface area (Å²) >= 11 is 0. The van der Waals surface area contributed by atoms with E-state index in [2.05, 4.69) is 20.9 Å². The van der Waals surface area contributed by atoms with Crippen LogP contribution in [0.4, 0.5) is 15.8 Å². The summed E-state index contributed by atoms with van der Waals surface area (Å²) in [4.78, 5) is 62.4. The largest absolute Gasteiger partial charge is 0.506 e. The minimum Gasteiger partial charge on any atom is -0.506 e. The predicted octanol–water partition coefficient (Wildman–Crippen LogP) is 0.826. The number of phenolic OH excluding ortho intramolecular Hbond substituents is 1. The first-order chi connectivity index (χ1) is 23.9. The van der Waals surface area contributed by atoms with Crippen molar-refractivity contribution in [1.29, 1.82) is 0 Å². The lowest BCUT2D eigenvalue weighted by Gasteiger charge is -2.29. The van der Waals surface area contributed by atoms with E-state index < -0.39 is 57.8 Å². The standard InChI is InChI=1S/C31H27FN8O9S/c32-28-21-3-1-18(9-16(21)11-24(41)29(28)40-14-27(44)36-50(40,47)48)33-26(43)7-8-38-13-19(35-37-38)15-49-20-2-4-22-17(10-20)12-39(31(22)46)23-5-6-25(42)34-30(23)45/h1-4,9-11,13,23,41H,5-8,12,14-15H2,(H,33,43)(H,36,44)(H,34,42,45). The van der Waals surface area contributed by atoms with Crippen molar-refractivity contribution in [2.75, 3.05) is 16.2 Å². The molecule has 5 amide bonds. The van der Waals surface area contributed by atoms with E-state index in [1.54, 1.807) is 29.1 Å². The van der Waals surface area contributed by atoms with Crippen LogP contribution in [0.3, 0.4) is 0 Å². The number of aromatic nitrogens is 3. The number of carbonyl (C=O) groups excluding carboxylic acids is 5. The van der Waals surface area contributed by atoms with Gasteiger partial charge in [0.2, 0.25) is 17.7 Å².